The third-order valence-corrected chi connectivity index (χ3v) is 2.51. The van der Waals surface area contributed by atoms with Crippen molar-refractivity contribution in [2.24, 2.45) is 0 Å². The SMILES string of the molecule is CC1=C2C=C(CC1)OCCNC2. The van der Waals surface area contributed by atoms with Crippen molar-refractivity contribution < 1.29 is 4.74 Å². The molecule has 0 unspecified atom stereocenters. The number of ether oxygens (including phenoxy) is 1. The molecule has 2 rings (SSSR count). The van der Waals surface area contributed by atoms with Crippen LogP contribution in [0.2, 0.25) is 0 Å². The lowest BCUT2D eigenvalue weighted by Crippen LogP contribution is -2.25. The Balaban J connectivity index is 2.23. The number of hydrogen-bond donors (Lipinski definition) is 1. The largest absolute Gasteiger partial charge is 0.497 e. The van der Waals surface area contributed by atoms with E-state index in [4.69, 9.17) is 4.74 Å². The molecule has 0 atom stereocenters. The molecule has 1 aliphatic heterocycles. The Bertz CT molecular complexity index is 240. The van der Waals surface area contributed by atoms with Crippen molar-refractivity contribution in [3.05, 3.63) is 23.0 Å². The van der Waals surface area contributed by atoms with Gasteiger partial charge in [0.25, 0.3) is 0 Å². The molecule has 2 bridgehead atoms. The first-order valence-corrected chi connectivity index (χ1v) is 4.59. The van der Waals surface area contributed by atoms with Crippen molar-refractivity contribution in [1.82, 2.24) is 5.32 Å². The second kappa shape index (κ2) is 3.31. The lowest BCUT2D eigenvalue weighted by molar-refractivity contribution is 0.198. The normalized spacial score (nSPS) is 23.9. The van der Waals surface area contributed by atoms with E-state index < -0.39 is 0 Å². The van der Waals surface area contributed by atoms with E-state index in [2.05, 4.69) is 18.3 Å². The van der Waals surface area contributed by atoms with E-state index in [1.165, 1.54) is 23.3 Å². The van der Waals surface area contributed by atoms with Gasteiger partial charge in [0.05, 0.1) is 5.76 Å². The maximum atomic E-state index is 5.57. The van der Waals surface area contributed by atoms with Crippen molar-refractivity contribution in [1.29, 1.82) is 0 Å². The van der Waals surface area contributed by atoms with Gasteiger partial charge in [-0.25, -0.2) is 0 Å². The van der Waals surface area contributed by atoms with Crippen LogP contribution in [0.3, 0.4) is 0 Å². The highest BCUT2D eigenvalue weighted by atomic mass is 16.5. The molecule has 0 aromatic carbocycles. The molecule has 1 aliphatic carbocycles. The summed E-state index contributed by atoms with van der Waals surface area (Å²) in [6.07, 6.45) is 4.46. The molecule has 2 aliphatic rings. The van der Waals surface area contributed by atoms with Gasteiger partial charge in [-0.05, 0) is 25.0 Å². The van der Waals surface area contributed by atoms with Crippen LogP contribution in [-0.4, -0.2) is 19.7 Å². The molecule has 2 heteroatoms. The molecule has 12 heavy (non-hydrogen) atoms. The highest BCUT2D eigenvalue weighted by molar-refractivity contribution is 5.32. The van der Waals surface area contributed by atoms with Crippen LogP contribution in [0.1, 0.15) is 19.8 Å². The zero-order chi connectivity index (χ0) is 8.39. The van der Waals surface area contributed by atoms with Crippen molar-refractivity contribution in [3.8, 4) is 0 Å². The molecule has 0 radical (unpaired) electrons. The van der Waals surface area contributed by atoms with Gasteiger partial charge in [0.15, 0.2) is 0 Å². The highest BCUT2D eigenvalue weighted by Gasteiger charge is 2.12. The Hall–Kier alpha value is -0.760. The first-order chi connectivity index (χ1) is 5.86. The molecule has 66 valence electrons. The van der Waals surface area contributed by atoms with Gasteiger partial charge in [-0.3, -0.25) is 0 Å². The maximum Gasteiger partial charge on any atom is 0.100 e. The molecule has 0 aromatic heterocycles. The molecule has 0 aromatic rings. The van der Waals surface area contributed by atoms with Crippen LogP contribution in [0.5, 0.6) is 0 Å². The number of hydrogen-bond acceptors (Lipinski definition) is 2. The van der Waals surface area contributed by atoms with E-state index in [0.717, 1.165) is 26.1 Å². The van der Waals surface area contributed by atoms with Gasteiger partial charge in [0.2, 0.25) is 0 Å². The number of rotatable bonds is 0. The van der Waals surface area contributed by atoms with Gasteiger partial charge in [-0.15, -0.1) is 0 Å². The van der Waals surface area contributed by atoms with E-state index in [0.29, 0.717) is 0 Å². The fraction of sp³-hybridized carbons (Fsp3) is 0.600. The predicted molar refractivity (Wildman–Crippen MR) is 48.8 cm³/mol. The fourth-order valence-electron chi connectivity index (χ4n) is 1.65. The highest BCUT2D eigenvalue weighted by Crippen LogP contribution is 2.24. The summed E-state index contributed by atoms with van der Waals surface area (Å²) in [5, 5.41) is 3.35. The first-order valence-electron chi connectivity index (χ1n) is 4.59. The van der Waals surface area contributed by atoms with Gasteiger partial charge in [0.1, 0.15) is 6.61 Å². The Labute approximate surface area is 73.3 Å². The summed E-state index contributed by atoms with van der Waals surface area (Å²) in [6.45, 7) is 5.01. The van der Waals surface area contributed by atoms with Crippen LogP contribution in [-0.2, 0) is 4.74 Å². The summed E-state index contributed by atoms with van der Waals surface area (Å²) in [5.74, 6) is 1.18. The first kappa shape index (κ1) is 7.87. The Morgan fingerprint density at radius 1 is 1.42 bits per heavy atom. The third-order valence-electron chi connectivity index (χ3n) is 2.51. The molecule has 0 amide bonds. The lowest BCUT2D eigenvalue weighted by atomic mass is 9.97. The Morgan fingerprint density at radius 2 is 2.33 bits per heavy atom. The van der Waals surface area contributed by atoms with Crippen molar-refractivity contribution in [3.63, 3.8) is 0 Å². The smallest absolute Gasteiger partial charge is 0.100 e. The standard InChI is InChI=1S/C10H15NO/c1-8-2-3-10-6-9(8)7-11-4-5-12-10/h6,11H,2-5,7H2,1H3. The molecular weight excluding hydrogens is 150 g/mol. The van der Waals surface area contributed by atoms with E-state index in [1.807, 2.05) is 0 Å². The number of allylic oxidation sites excluding steroid dienone is 2. The van der Waals surface area contributed by atoms with Crippen molar-refractivity contribution >= 4 is 0 Å². The van der Waals surface area contributed by atoms with E-state index in [1.54, 1.807) is 0 Å². The number of fused-ring (bicyclic) bond motifs is 1. The van der Waals surface area contributed by atoms with Crippen molar-refractivity contribution in [2.75, 3.05) is 19.7 Å². The molecule has 1 heterocycles. The van der Waals surface area contributed by atoms with Crippen molar-refractivity contribution in [2.45, 2.75) is 19.8 Å². The molecule has 0 saturated carbocycles. The summed E-state index contributed by atoms with van der Waals surface area (Å²) in [4.78, 5) is 0. The molecule has 0 spiro atoms. The number of nitrogens with one attached hydrogen (secondary N) is 1. The minimum atomic E-state index is 0.818. The van der Waals surface area contributed by atoms with E-state index in [-0.39, 0.29) is 0 Å². The van der Waals surface area contributed by atoms with E-state index in [9.17, 15) is 0 Å². The monoisotopic (exact) mass is 165 g/mol. The van der Waals surface area contributed by atoms with Gasteiger partial charge < -0.3 is 10.1 Å². The van der Waals surface area contributed by atoms with Gasteiger partial charge in [-0.2, -0.15) is 0 Å². The summed E-state index contributed by atoms with van der Waals surface area (Å²) in [7, 11) is 0. The quantitative estimate of drug-likeness (QED) is 0.588. The Kier molecular flexibility index (Phi) is 2.17. The Morgan fingerprint density at radius 3 is 3.25 bits per heavy atom. The molecule has 0 fully saturated rings. The lowest BCUT2D eigenvalue weighted by Gasteiger charge is -2.22. The van der Waals surface area contributed by atoms with Crippen LogP contribution in [0.15, 0.2) is 23.0 Å². The van der Waals surface area contributed by atoms with Crippen LogP contribution >= 0.6 is 0 Å². The van der Waals surface area contributed by atoms with Gasteiger partial charge in [0, 0.05) is 19.5 Å². The van der Waals surface area contributed by atoms with E-state index >= 15 is 0 Å². The predicted octanol–water partition coefficient (Wildman–Crippen LogP) is 1.60. The van der Waals surface area contributed by atoms with Crippen LogP contribution in [0.4, 0.5) is 0 Å². The molecular formula is C10H15NO. The van der Waals surface area contributed by atoms with Crippen LogP contribution in [0, 0.1) is 0 Å². The fourth-order valence-corrected chi connectivity index (χ4v) is 1.65. The van der Waals surface area contributed by atoms with Gasteiger partial charge >= 0.3 is 0 Å². The molecule has 1 N–H and O–H groups in total. The summed E-state index contributed by atoms with van der Waals surface area (Å²) < 4.78 is 5.57. The van der Waals surface area contributed by atoms with Crippen LogP contribution in [0.25, 0.3) is 0 Å². The second-order valence-corrected chi connectivity index (χ2v) is 3.44. The second-order valence-electron chi connectivity index (χ2n) is 3.44. The zero-order valence-corrected chi connectivity index (χ0v) is 7.52. The van der Waals surface area contributed by atoms with Crippen LogP contribution < -0.4 is 5.32 Å². The summed E-state index contributed by atoms with van der Waals surface area (Å²) in [6, 6.07) is 0. The zero-order valence-electron chi connectivity index (χ0n) is 7.52. The van der Waals surface area contributed by atoms with Gasteiger partial charge in [-0.1, -0.05) is 5.57 Å². The molecule has 0 saturated heterocycles. The topological polar surface area (TPSA) is 21.3 Å². The minimum Gasteiger partial charge on any atom is -0.497 e. The third kappa shape index (κ3) is 1.53. The summed E-state index contributed by atoms with van der Waals surface area (Å²) in [5.41, 5.74) is 2.94. The maximum absolute atomic E-state index is 5.57. The molecule has 2 nitrogen and oxygen atoms in total. The average molecular weight is 165 g/mol. The average Bonchev–Trinajstić information content (AvgIpc) is 2.03. The summed E-state index contributed by atoms with van der Waals surface area (Å²) >= 11 is 0. The minimum absolute atomic E-state index is 0.818.